The van der Waals surface area contributed by atoms with Crippen LogP contribution in [0.2, 0.25) is 0 Å². The first-order chi connectivity index (χ1) is 5.91. The van der Waals surface area contributed by atoms with E-state index in [9.17, 15) is 4.89 Å². The number of hydrogen-bond donors (Lipinski definition) is 1. The maximum Gasteiger partial charge on any atom is 0.213 e. The first-order valence-corrected chi connectivity index (χ1v) is 7.94. The molecule has 0 aromatic heterocycles. The zero-order valence-electron chi connectivity index (χ0n) is 8.26. The van der Waals surface area contributed by atoms with Crippen LogP contribution in [-0.4, -0.2) is 21.5 Å². The molecule has 0 fully saturated rings. The molecule has 2 nitrogen and oxygen atoms in total. The van der Waals surface area contributed by atoms with Crippen LogP contribution in [-0.2, 0) is 16.3 Å². The molecule has 0 saturated carbocycles. The van der Waals surface area contributed by atoms with Crippen molar-refractivity contribution in [2.45, 2.75) is 24.6 Å². The first-order valence-electron chi connectivity index (χ1n) is 3.94. The second-order valence-electron chi connectivity index (χ2n) is 4.24. The van der Waals surface area contributed by atoms with Crippen LogP contribution >= 0.6 is 41.3 Å². The highest BCUT2D eigenvalue weighted by Crippen LogP contribution is 2.49. The van der Waals surface area contributed by atoms with E-state index in [2.05, 4.69) is 0 Å². The molecule has 0 radical (unpaired) electrons. The summed E-state index contributed by atoms with van der Waals surface area (Å²) in [5, 5.41) is 0. The van der Waals surface area contributed by atoms with Crippen molar-refractivity contribution in [3.8, 4) is 0 Å². The van der Waals surface area contributed by atoms with Crippen molar-refractivity contribution in [2.24, 2.45) is 5.41 Å². The molecule has 7 heteroatoms. The smallest absolute Gasteiger partial charge is 0.213 e. The van der Waals surface area contributed by atoms with Gasteiger partial charge in [-0.05, 0) is 17.2 Å². The molecule has 14 heavy (non-hydrogen) atoms. The summed E-state index contributed by atoms with van der Waals surface area (Å²) >= 11 is 21.4. The van der Waals surface area contributed by atoms with Gasteiger partial charge in [0.1, 0.15) is 6.61 Å². The quantitative estimate of drug-likeness (QED) is 0.636. The molecule has 0 rings (SSSR count). The lowest BCUT2D eigenvalue weighted by Gasteiger charge is -2.26. The lowest BCUT2D eigenvalue weighted by molar-refractivity contribution is 0.301. The zero-order chi connectivity index (χ0) is 11.6. The summed E-state index contributed by atoms with van der Waals surface area (Å²) < 4.78 is 3.53. The van der Waals surface area contributed by atoms with E-state index in [1.54, 1.807) is 0 Å². The minimum absolute atomic E-state index is 0.0993. The molecule has 0 aromatic carbocycles. The van der Waals surface area contributed by atoms with Gasteiger partial charge >= 0.3 is 0 Å². The highest BCUT2D eigenvalue weighted by Gasteiger charge is 2.28. The van der Waals surface area contributed by atoms with Gasteiger partial charge in [-0.15, -0.1) is 0 Å². The standard InChI is InChI=1S/C7H14Cl3O2PS/c1-6(2,3)5-13(11,14)12-4-7(8,9)10/h4-5H2,1-3H3,(H,11,14). The van der Waals surface area contributed by atoms with Gasteiger partial charge in [-0.3, -0.25) is 0 Å². The average molecular weight is 300 g/mol. The van der Waals surface area contributed by atoms with E-state index >= 15 is 0 Å². The molecule has 0 heterocycles. The molecule has 1 N–H and O–H groups in total. The Labute approximate surface area is 105 Å². The number of rotatable bonds is 3. The highest BCUT2D eigenvalue weighted by molar-refractivity contribution is 8.09. The van der Waals surface area contributed by atoms with Crippen molar-refractivity contribution in [3.63, 3.8) is 0 Å². The molecule has 86 valence electrons. The fourth-order valence-electron chi connectivity index (χ4n) is 0.819. The Balaban J connectivity index is 4.17. The van der Waals surface area contributed by atoms with Crippen molar-refractivity contribution >= 4 is 53.1 Å². The van der Waals surface area contributed by atoms with Crippen LogP contribution in [0.4, 0.5) is 0 Å². The summed E-state index contributed by atoms with van der Waals surface area (Å²) in [4.78, 5) is 9.74. The van der Waals surface area contributed by atoms with Gasteiger partial charge in [-0.2, -0.15) is 0 Å². The van der Waals surface area contributed by atoms with E-state index in [1.807, 2.05) is 20.8 Å². The van der Waals surface area contributed by atoms with E-state index in [0.29, 0.717) is 6.16 Å². The second-order valence-corrected chi connectivity index (χ2v) is 10.3. The molecule has 0 aliphatic rings. The SMILES string of the molecule is CC(C)(C)CP(O)(=S)OCC(Cl)(Cl)Cl. The summed E-state index contributed by atoms with van der Waals surface area (Å²) in [7, 11) is 0. The molecule has 0 aliphatic heterocycles. The van der Waals surface area contributed by atoms with Crippen molar-refractivity contribution < 1.29 is 9.42 Å². The minimum Gasteiger partial charge on any atom is -0.345 e. The first kappa shape index (κ1) is 15.4. The predicted octanol–water partition coefficient (Wildman–Crippen LogP) is 3.72. The fourth-order valence-corrected chi connectivity index (χ4v) is 4.22. The third-order valence-electron chi connectivity index (χ3n) is 1.10. The molecule has 0 bridgehead atoms. The Morgan fingerprint density at radius 2 is 1.71 bits per heavy atom. The summed E-state index contributed by atoms with van der Waals surface area (Å²) in [6.45, 7) is 2.87. The normalized spacial score (nSPS) is 17.9. The second kappa shape index (κ2) is 5.18. The van der Waals surface area contributed by atoms with E-state index < -0.39 is 10.3 Å². The average Bonchev–Trinajstić information content (AvgIpc) is 1.76. The van der Waals surface area contributed by atoms with Crippen LogP contribution in [0.15, 0.2) is 0 Å². The lowest BCUT2D eigenvalue weighted by atomic mass is 10.0. The molecule has 0 aliphatic carbocycles. The number of hydrogen-bond acceptors (Lipinski definition) is 2. The van der Waals surface area contributed by atoms with Gasteiger partial charge in [0, 0.05) is 6.16 Å². The molecule has 0 amide bonds. The Morgan fingerprint density at radius 3 is 2.00 bits per heavy atom. The Kier molecular flexibility index (Phi) is 5.71. The summed E-state index contributed by atoms with van der Waals surface area (Å²) in [6.07, 6.45) is 0.399. The van der Waals surface area contributed by atoms with Crippen LogP contribution in [0, 0.1) is 5.41 Å². The maximum absolute atomic E-state index is 9.74. The van der Waals surface area contributed by atoms with Crippen LogP contribution in [0.5, 0.6) is 0 Å². The van der Waals surface area contributed by atoms with Gasteiger partial charge in [0.05, 0.1) is 0 Å². The molecule has 0 spiro atoms. The van der Waals surface area contributed by atoms with Gasteiger partial charge in [0.25, 0.3) is 0 Å². The number of halogens is 3. The molecule has 0 aromatic rings. The molecule has 1 unspecified atom stereocenters. The number of alkyl halides is 3. The molecular formula is C7H14Cl3O2PS. The van der Waals surface area contributed by atoms with Crippen molar-refractivity contribution in [2.75, 3.05) is 12.8 Å². The lowest BCUT2D eigenvalue weighted by Crippen LogP contribution is -2.17. The summed E-state index contributed by atoms with van der Waals surface area (Å²) in [5.41, 5.74) is -0.0993. The Hall–Kier alpha value is 1.44. The predicted molar refractivity (Wildman–Crippen MR) is 67.1 cm³/mol. The molecule has 0 saturated heterocycles. The van der Waals surface area contributed by atoms with Crippen molar-refractivity contribution in [1.82, 2.24) is 0 Å². The van der Waals surface area contributed by atoms with Crippen molar-refractivity contribution in [1.29, 1.82) is 0 Å². The van der Waals surface area contributed by atoms with Gasteiger partial charge in [-0.1, -0.05) is 55.6 Å². The summed E-state index contributed by atoms with van der Waals surface area (Å²) in [6, 6.07) is 0. The minimum atomic E-state index is -2.83. The zero-order valence-corrected chi connectivity index (χ0v) is 12.2. The van der Waals surface area contributed by atoms with Crippen LogP contribution in [0.25, 0.3) is 0 Å². The van der Waals surface area contributed by atoms with Gasteiger partial charge < -0.3 is 9.42 Å². The Bertz CT molecular complexity index is 234. The van der Waals surface area contributed by atoms with E-state index in [4.69, 9.17) is 51.1 Å². The third kappa shape index (κ3) is 9.97. The van der Waals surface area contributed by atoms with Gasteiger partial charge in [0.2, 0.25) is 3.79 Å². The maximum atomic E-state index is 9.74. The van der Waals surface area contributed by atoms with E-state index in [0.717, 1.165) is 0 Å². The highest BCUT2D eigenvalue weighted by atomic mass is 35.6. The van der Waals surface area contributed by atoms with E-state index in [1.165, 1.54) is 0 Å². The van der Waals surface area contributed by atoms with Crippen LogP contribution in [0.3, 0.4) is 0 Å². The van der Waals surface area contributed by atoms with Gasteiger partial charge in [0.15, 0.2) is 6.49 Å². The van der Waals surface area contributed by atoms with Crippen LogP contribution < -0.4 is 0 Å². The van der Waals surface area contributed by atoms with Crippen LogP contribution in [0.1, 0.15) is 20.8 Å². The summed E-state index contributed by atoms with van der Waals surface area (Å²) in [5.74, 6) is 0. The van der Waals surface area contributed by atoms with Crippen molar-refractivity contribution in [3.05, 3.63) is 0 Å². The van der Waals surface area contributed by atoms with E-state index in [-0.39, 0.29) is 12.0 Å². The third-order valence-corrected chi connectivity index (χ3v) is 4.02. The largest absolute Gasteiger partial charge is 0.345 e. The fraction of sp³-hybridized carbons (Fsp3) is 1.00. The molecular weight excluding hydrogens is 285 g/mol. The molecule has 1 atom stereocenters. The Morgan fingerprint density at radius 1 is 1.29 bits per heavy atom. The topological polar surface area (TPSA) is 29.5 Å². The monoisotopic (exact) mass is 298 g/mol. The van der Waals surface area contributed by atoms with Gasteiger partial charge in [-0.25, -0.2) is 0 Å².